The average Bonchev–Trinajstić information content (AvgIpc) is 2.94. The predicted octanol–water partition coefficient (Wildman–Crippen LogP) is 2.82. The molecule has 17 heavy (non-hydrogen) atoms. The number of methoxy groups -OCH3 is 1. The molecule has 0 aliphatic carbocycles. The van der Waals surface area contributed by atoms with Crippen molar-refractivity contribution in [1.82, 2.24) is 4.98 Å². The maximum absolute atomic E-state index is 11.0. The standard InChI is InChI=1S/C12H13NO3S/c1-8-10(5-6-16-8)12-13-9(7-17-12)3-4-11(14)15-2/h5-7H,3-4H2,1-2H3. The van der Waals surface area contributed by atoms with Crippen LogP contribution in [0.15, 0.2) is 22.1 Å². The smallest absolute Gasteiger partial charge is 0.305 e. The van der Waals surface area contributed by atoms with E-state index in [1.54, 1.807) is 17.6 Å². The van der Waals surface area contributed by atoms with E-state index in [1.807, 2.05) is 18.4 Å². The number of rotatable bonds is 4. The summed E-state index contributed by atoms with van der Waals surface area (Å²) < 4.78 is 9.83. The van der Waals surface area contributed by atoms with E-state index in [1.165, 1.54) is 7.11 Å². The Morgan fingerprint density at radius 3 is 3.06 bits per heavy atom. The molecule has 0 atom stereocenters. The van der Waals surface area contributed by atoms with Crippen molar-refractivity contribution in [2.24, 2.45) is 0 Å². The number of carbonyl (C=O) groups is 1. The number of nitrogens with zero attached hydrogens (tertiary/aromatic N) is 1. The van der Waals surface area contributed by atoms with Gasteiger partial charge in [0.05, 0.1) is 31.1 Å². The van der Waals surface area contributed by atoms with E-state index in [2.05, 4.69) is 9.72 Å². The fourth-order valence-electron chi connectivity index (χ4n) is 1.48. The van der Waals surface area contributed by atoms with Crippen molar-refractivity contribution in [3.8, 4) is 10.6 Å². The molecule has 0 N–H and O–H groups in total. The summed E-state index contributed by atoms with van der Waals surface area (Å²) in [5, 5.41) is 2.89. The molecule has 2 heterocycles. The molecule has 0 saturated carbocycles. The van der Waals surface area contributed by atoms with E-state index < -0.39 is 0 Å². The van der Waals surface area contributed by atoms with Gasteiger partial charge in [0.1, 0.15) is 10.8 Å². The Labute approximate surface area is 103 Å². The van der Waals surface area contributed by atoms with Gasteiger partial charge < -0.3 is 9.15 Å². The van der Waals surface area contributed by atoms with Gasteiger partial charge in [0.25, 0.3) is 0 Å². The van der Waals surface area contributed by atoms with Crippen LogP contribution in [0.1, 0.15) is 17.9 Å². The Hall–Kier alpha value is -1.62. The lowest BCUT2D eigenvalue weighted by Gasteiger charge is -1.96. The molecule has 0 saturated heterocycles. The van der Waals surface area contributed by atoms with Gasteiger partial charge in [-0.25, -0.2) is 4.98 Å². The Morgan fingerprint density at radius 2 is 2.41 bits per heavy atom. The molecular formula is C12H13NO3S. The van der Waals surface area contributed by atoms with Crippen LogP contribution in [0.4, 0.5) is 0 Å². The molecule has 0 aromatic carbocycles. The molecule has 0 spiro atoms. The number of esters is 1. The van der Waals surface area contributed by atoms with Crippen LogP contribution in [0.3, 0.4) is 0 Å². The van der Waals surface area contributed by atoms with Crippen molar-refractivity contribution in [1.29, 1.82) is 0 Å². The highest BCUT2D eigenvalue weighted by molar-refractivity contribution is 7.13. The number of carbonyl (C=O) groups excluding carboxylic acids is 1. The fourth-order valence-corrected chi connectivity index (χ4v) is 2.41. The molecule has 0 aliphatic heterocycles. The molecule has 2 aromatic rings. The molecular weight excluding hydrogens is 238 g/mol. The molecule has 0 unspecified atom stereocenters. The molecule has 0 bridgehead atoms. The minimum Gasteiger partial charge on any atom is -0.469 e. The zero-order valence-corrected chi connectivity index (χ0v) is 10.5. The first-order valence-electron chi connectivity index (χ1n) is 5.26. The Bertz CT molecular complexity index is 515. The molecule has 0 amide bonds. The van der Waals surface area contributed by atoms with Crippen LogP contribution < -0.4 is 0 Å². The Balaban J connectivity index is 2.06. The van der Waals surface area contributed by atoms with Crippen LogP contribution in [-0.4, -0.2) is 18.1 Å². The monoisotopic (exact) mass is 251 g/mol. The van der Waals surface area contributed by atoms with Crippen LogP contribution in [0, 0.1) is 6.92 Å². The summed E-state index contributed by atoms with van der Waals surface area (Å²) in [7, 11) is 1.39. The van der Waals surface area contributed by atoms with Crippen LogP contribution in [0.2, 0.25) is 0 Å². The topological polar surface area (TPSA) is 52.3 Å². The van der Waals surface area contributed by atoms with Gasteiger partial charge in [-0.2, -0.15) is 0 Å². The third-order valence-electron chi connectivity index (χ3n) is 2.45. The molecule has 4 nitrogen and oxygen atoms in total. The highest BCUT2D eigenvalue weighted by Crippen LogP contribution is 2.27. The summed E-state index contributed by atoms with van der Waals surface area (Å²) in [6, 6.07) is 1.90. The van der Waals surface area contributed by atoms with Crippen molar-refractivity contribution in [2.75, 3.05) is 7.11 Å². The van der Waals surface area contributed by atoms with E-state index in [-0.39, 0.29) is 5.97 Å². The van der Waals surface area contributed by atoms with Gasteiger partial charge in [0.2, 0.25) is 0 Å². The summed E-state index contributed by atoms with van der Waals surface area (Å²) in [6.07, 6.45) is 2.63. The Morgan fingerprint density at radius 1 is 1.59 bits per heavy atom. The predicted molar refractivity (Wildman–Crippen MR) is 64.9 cm³/mol. The van der Waals surface area contributed by atoms with Crippen LogP contribution in [0.25, 0.3) is 10.6 Å². The number of aryl methyl sites for hydroxylation is 2. The molecule has 5 heteroatoms. The summed E-state index contributed by atoms with van der Waals surface area (Å²) in [6.45, 7) is 1.91. The fraction of sp³-hybridized carbons (Fsp3) is 0.333. The van der Waals surface area contributed by atoms with E-state index >= 15 is 0 Å². The average molecular weight is 251 g/mol. The first-order valence-corrected chi connectivity index (χ1v) is 6.14. The number of furan rings is 1. The normalized spacial score (nSPS) is 10.5. The number of hydrogen-bond acceptors (Lipinski definition) is 5. The Kier molecular flexibility index (Phi) is 3.58. The second-order valence-electron chi connectivity index (χ2n) is 3.61. The van der Waals surface area contributed by atoms with E-state index in [4.69, 9.17) is 4.42 Å². The molecule has 0 radical (unpaired) electrons. The highest BCUT2D eigenvalue weighted by atomic mass is 32.1. The largest absolute Gasteiger partial charge is 0.469 e. The van der Waals surface area contributed by atoms with Crippen LogP contribution >= 0.6 is 11.3 Å². The van der Waals surface area contributed by atoms with E-state index in [0.717, 1.165) is 22.0 Å². The summed E-state index contributed by atoms with van der Waals surface area (Å²) in [5.74, 6) is 0.651. The van der Waals surface area contributed by atoms with Crippen molar-refractivity contribution in [3.05, 3.63) is 29.2 Å². The van der Waals surface area contributed by atoms with Gasteiger partial charge in [-0.05, 0) is 13.0 Å². The SMILES string of the molecule is COC(=O)CCc1csc(-c2ccoc2C)n1. The third-order valence-corrected chi connectivity index (χ3v) is 3.38. The second-order valence-corrected chi connectivity index (χ2v) is 4.47. The first kappa shape index (κ1) is 11.9. The van der Waals surface area contributed by atoms with Gasteiger partial charge in [0.15, 0.2) is 0 Å². The number of aromatic nitrogens is 1. The zero-order chi connectivity index (χ0) is 12.3. The van der Waals surface area contributed by atoms with Gasteiger partial charge in [0, 0.05) is 11.8 Å². The molecule has 90 valence electrons. The maximum Gasteiger partial charge on any atom is 0.305 e. The lowest BCUT2D eigenvalue weighted by atomic mass is 10.2. The second kappa shape index (κ2) is 5.14. The summed E-state index contributed by atoms with van der Waals surface area (Å²) in [5.41, 5.74) is 1.93. The maximum atomic E-state index is 11.0. The van der Waals surface area contributed by atoms with Crippen molar-refractivity contribution < 1.29 is 13.9 Å². The molecule has 2 aromatic heterocycles. The molecule has 2 rings (SSSR count). The quantitative estimate of drug-likeness (QED) is 0.784. The zero-order valence-electron chi connectivity index (χ0n) is 9.73. The van der Waals surface area contributed by atoms with Gasteiger partial charge in [-0.15, -0.1) is 11.3 Å². The van der Waals surface area contributed by atoms with E-state index in [9.17, 15) is 4.79 Å². The van der Waals surface area contributed by atoms with Gasteiger partial charge in [-0.1, -0.05) is 0 Å². The van der Waals surface area contributed by atoms with E-state index in [0.29, 0.717) is 12.8 Å². The number of ether oxygens (including phenoxy) is 1. The van der Waals surface area contributed by atoms with Crippen molar-refractivity contribution in [2.45, 2.75) is 19.8 Å². The van der Waals surface area contributed by atoms with Gasteiger partial charge >= 0.3 is 5.97 Å². The lowest BCUT2D eigenvalue weighted by Crippen LogP contribution is -2.01. The van der Waals surface area contributed by atoms with Gasteiger partial charge in [-0.3, -0.25) is 4.79 Å². The minimum absolute atomic E-state index is 0.209. The third kappa shape index (κ3) is 2.74. The number of thiazole rings is 1. The highest BCUT2D eigenvalue weighted by Gasteiger charge is 2.10. The van der Waals surface area contributed by atoms with Crippen LogP contribution in [0.5, 0.6) is 0 Å². The summed E-state index contributed by atoms with van der Waals surface area (Å²) >= 11 is 1.56. The van der Waals surface area contributed by atoms with Crippen molar-refractivity contribution >= 4 is 17.3 Å². The first-order chi connectivity index (χ1) is 8.20. The molecule has 0 fully saturated rings. The summed E-state index contributed by atoms with van der Waals surface area (Å²) in [4.78, 5) is 15.5. The van der Waals surface area contributed by atoms with Crippen molar-refractivity contribution in [3.63, 3.8) is 0 Å². The lowest BCUT2D eigenvalue weighted by molar-refractivity contribution is -0.140. The van der Waals surface area contributed by atoms with Crippen LogP contribution in [-0.2, 0) is 16.0 Å². The number of hydrogen-bond donors (Lipinski definition) is 0. The minimum atomic E-state index is -0.209. The molecule has 0 aliphatic rings.